The molecule has 0 aliphatic carbocycles. The lowest BCUT2D eigenvalue weighted by molar-refractivity contribution is 0.0972. The van der Waals surface area contributed by atoms with Gasteiger partial charge in [0.15, 0.2) is 5.76 Å². The molecule has 0 aliphatic heterocycles. The summed E-state index contributed by atoms with van der Waals surface area (Å²) in [5, 5.41) is 3.12. The van der Waals surface area contributed by atoms with Crippen LogP contribution in [0.2, 0.25) is 0 Å². The van der Waals surface area contributed by atoms with E-state index in [4.69, 9.17) is 14.6 Å². The zero-order chi connectivity index (χ0) is 11.4. The normalized spacial score (nSPS) is 9.88. The predicted molar refractivity (Wildman–Crippen MR) is 63.7 cm³/mol. The summed E-state index contributed by atoms with van der Waals surface area (Å²) >= 11 is 0. The quantitative estimate of drug-likeness (QED) is 0.853. The summed E-state index contributed by atoms with van der Waals surface area (Å²) in [6.07, 6.45) is 1.62. The fraction of sp³-hybridized carbons (Fsp3) is 0.182. The monoisotopic (exact) mass is 256 g/mol. The molecule has 0 fully saturated rings. The number of carbonyl (C=O) groups excluding carboxylic acids is 1. The smallest absolute Gasteiger partial charge is 0.284 e. The van der Waals surface area contributed by atoms with Crippen molar-refractivity contribution < 1.29 is 13.6 Å². The third-order valence-corrected chi connectivity index (χ3v) is 2.08. The van der Waals surface area contributed by atoms with Gasteiger partial charge in [0.1, 0.15) is 11.5 Å². The van der Waals surface area contributed by atoms with E-state index in [1.54, 1.807) is 18.4 Å². The first-order valence-corrected chi connectivity index (χ1v) is 4.87. The Morgan fingerprint density at radius 3 is 2.59 bits per heavy atom. The molecule has 92 valence electrons. The lowest BCUT2D eigenvalue weighted by atomic mass is 10.4. The summed E-state index contributed by atoms with van der Waals surface area (Å²) in [6.45, 7) is 1.13. The van der Waals surface area contributed by atoms with Crippen LogP contribution in [0.15, 0.2) is 39.4 Å². The van der Waals surface area contributed by atoms with Crippen molar-refractivity contribution in [3.05, 3.63) is 47.8 Å². The Kier molecular flexibility index (Phi) is 4.81. The number of rotatable bonds is 5. The van der Waals surface area contributed by atoms with Crippen LogP contribution < -0.4 is 11.1 Å². The molecule has 0 unspecified atom stereocenters. The molecule has 2 aromatic rings. The topological polar surface area (TPSA) is 81.4 Å². The van der Waals surface area contributed by atoms with Crippen LogP contribution in [0.4, 0.5) is 0 Å². The van der Waals surface area contributed by atoms with Crippen LogP contribution in [0, 0.1) is 0 Å². The van der Waals surface area contributed by atoms with E-state index in [0.717, 1.165) is 5.76 Å². The molecule has 1 amide bonds. The summed E-state index contributed by atoms with van der Waals surface area (Å²) < 4.78 is 10.3. The molecule has 0 bridgehead atoms. The van der Waals surface area contributed by atoms with Crippen molar-refractivity contribution in [3.8, 4) is 0 Å². The van der Waals surface area contributed by atoms with Crippen LogP contribution in [0.3, 0.4) is 0 Å². The lowest BCUT2D eigenvalue weighted by Crippen LogP contribution is -2.12. The van der Waals surface area contributed by atoms with Gasteiger partial charge in [-0.05, 0) is 24.3 Å². The van der Waals surface area contributed by atoms with Gasteiger partial charge in [-0.15, -0.1) is 12.4 Å². The molecule has 3 N–H and O–H groups in total. The number of hydrogen-bond donors (Lipinski definition) is 2. The van der Waals surface area contributed by atoms with Gasteiger partial charge in [0.2, 0.25) is 0 Å². The molecule has 17 heavy (non-hydrogen) atoms. The van der Waals surface area contributed by atoms with Crippen LogP contribution in [0.5, 0.6) is 0 Å². The van der Waals surface area contributed by atoms with Gasteiger partial charge in [-0.2, -0.15) is 0 Å². The van der Waals surface area contributed by atoms with Crippen molar-refractivity contribution in [1.29, 1.82) is 0 Å². The van der Waals surface area contributed by atoms with Crippen LogP contribution >= 0.6 is 12.4 Å². The Hall–Kier alpha value is -1.72. The number of furan rings is 2. The third-order valence-electron chi connectivity index (χ3n) is 2.08. The Labute approximate surface area is 104 Å². The molecule has 0 saturated heterocycles. The highest BCUT2D eigenvalue weighted by molar-refractivity contribution is 5.89. The SMILES string of the molecule is Cl.NC(=O)c1ccc(CNCc2ccco2)o1. The first-order chi connectivity index (χ1) is 7.75. The first-order valence-electron chi connectivity index (χ1n) is 4.87. The molecule has 2 heterocycles. The number of amides is 1. The van der Waals surface area contributed by atoms with Crippen molar-refractivity contribution in [3.63, 3.8) is 0 Å². The molecule has 6 heteroatoms. The van der Waals surface area contributed by atoms with Gasteiger partial charge in [-0.3, -0.25) is 4.79 Å². The van der Waals surface area contributed by atoms with E-state index in [9.17, 15) is 4.79 Å². The zero-order valence-electron chi connectivity index (χ0n) is 9.01. The highest BCUT2D eigenvalue weighted by Crippen LogP contribution is 2.07. The minimum Gasteiger partial charge on any atom is -0.468 e. The Morgan fingerprint density at radius 2 is 2.00 bits per heavy atom. The summed E-state index contributed by atoms with van der Waals surface area (Å²) in [7, 11) is 0. The van der Waals surface area contributed by atoms with Crippen molar-refractivity contribution in [1.82, 2.24) is 5.32 Å². The standard InChI is InChI=1S/C11H12N2O3.ClH/c12-11(14)10-4-3-9(16-10)7-13-6-8-2-1-5-15-8;/h1-5,13H,6-7H2,(H2,12,14);1H. The maximum atomic E-state index is 10.8. The van der Waals surface area contributed by atoms with Gasteiger partial charge in [0.25, 0.3) is 5.91 Å². The van der Waals surface area contributed by atoms with E-state index in [0.29, 0.717) is 18.8 Å². The van der Waals surface area contributed by atoms with Gasteiger partial charge < -0.3 is 19.9 Å². The minimum absolute atomic E-state index is 0. The van der Waals surface area contributed by atoms with Crippen LogP contribution in [0.25, 0.3) is 0 Å². The lowest BCUT2D eigenvalue weighted by Gasteiger charge is -1.99. The fourth-order valence-electron chi connectivity index (χ4n) is 1.33. The number of primary amides is 1. The van der Waals surface area contributed by atoms with Gasteiger partial charge in [-0.1, -0.05) is 0 Å². The molecule has 0 spiro atoms. The molecule has 0 aliphatic rings. The van der Waals surface area contributed by atoms with Crippen molar-refractivity contribution in [2.24, 2.45) is 5.73 Å². The average molecular weight is 257 g/mol. The highest BCUT2D eigenvalue weighted by Gasteiger charge is 2.06. The maximum Gasteiger partial charge on any atom is 0.284 e. The van der Waals surface area contributed by atoms with E-state index in [2.05, 4.69) is 5.32 Å². The number of nitrogens with two attached hydrogens (primary N) is 1. The van der Waals surface area contributed by atoms with Gasteiger partial charge in [0.05, 0.1) is 19.4 Å². The first kappa shape index (κ1) is 13.3. The van der Waals surface area contributed by atoms with E-state index in [1.807, 2.05) is 12.1 Å². The van der Waals surface area contributed by atoms with Gasteiger partial charge in [0, 0.05) is 0 Å². The van der Waals surface area contributed by atoms with Gasteiger partial charge in [-0.25, -0.2) is 0 Å². The minimum atomic E-state index is -0.558. The molecule has 0 atom stereocenters. The molecular formula is C11H13ClN2O3. The van der Waals surface area contributed by atoms with Crippen LogP contribution in [-0.4, -0.2) is 5.91 Å². The molecular weight excluding hydrogens is 244 g/mol. The number of halogens is 1. The second-order valence-corrected chi connectivity index (χ2v) is 3.31. The number of carbonyl (C=O) groups is 1. The van der Waals surface area contributed by atoms with Crippen molar-refractivity contribution >= 4 is 18.3 Å². The third kappa shape index (κ3) is 3.65. The average Bonchev–Trinajstić information content (AvgIpc) is 2.87. The van der Waals surface area contributed by atoms with E-state index in [-0.39, 0.29) is 18.2 Å². The largest absolute Gasteiger partial charge is 0.468 e. The van der Waals surface area contributed by atoms with Crippen molar-refractivity contribution in [2.75, 3.05) is 0 Å². The summed E-state index contributed by atoms with van der Waals surface area (Å²) in [6, 6.07) is 6.99. The Bertz CT molecular complexity index is 465. The summed E-state index contributed by atoms with van der Waals surface area (Å²) in [5.41, 5.74) is 5.06. The van der Waals surface area contributed by atoms with Crippen LogP contribution in [-0.2, 0) is 13.1 Å². The molecule has 2 rings (SSSR count). The predicted octanol–water partition coefficient (Wildman–Crippen LogP) is 1.68. The van der Waals surface area contributed by atoms with Crippen molar-refractivity contribution in [2.45, 2.75) is 13.1 Å². The van der Waals surface area contributed by atoms with E-state index in [1.165, 1.54) is 0 Å². The highest BCUT2D eigenvalue weighted by atomic mass is 35.5. The molecule has 0 radical (unpaired) electrons. The van der Waals surface area contributed by atoms with E-state index < -0.39 is 5.91 Å². The fourth-order valence-corrected chi connectivity index (χ4v) is 1.33. The van der Waals surface area contributed by atoms with E-state index >= 15 is 0 Å². The Balaban J connectivity index is 0.00000144. The molecule has 5 nitrogen and oxygen atoms in total. The molecule has 0 aromatic carbocycles. The Morgan fingerprint density at radius 1 is 1.24 bits per heavy atom. The second-order valence-electron chi connectivity index (χ2n) is 3.31. The maximum absolute atomic E-state index is 10.8. The zero-order valence-corrected chi connectivity index (χ0v) is 9.83. The van der Waals surface area contributed by atoms with Gasteiger partial charge >= 0.3 is 0 Å². The number of nitrogens with one attached hydrogen (secondary N) is 1. The van der Waals surface area contributed by atoms with Crippen LogP contribution in [0.1, 0.15) is 22.1 Å². The number of hydrogen-bond acceptors (Lipinski definition) is 4. The molecule has 0 saturated carbocycles. The summed E-state index contributed by atoms with van der Waals surface area (Å²) in [4.78, 5) is 10.8. The molecule has 2 aromatic heterocycles. The second kappa shape index (κ2) is 6.12. The summed E-state index contributed by atoms with van der Waals surface area (Å²) in [5.74, 6) is 1.13.